The molecule has 0 aliphatic heterocycles. The van der Waals surface area contributed by atoms with Crippen LogP contribution >= 0.6 is 0 Å². The van der Waals surface area contributed by atoms with Crippen molar-refractivity contribution >= 4 is 34.3 Å². The van der Waals surface area contributed by atoms with Gasteiger partial charge in [-0.2, -0.15) is 4.21 Å². The van der Waals surface area contributed by atoms with Gasteiger partial charge in [-0.3, -0.25) is 14.3 Å². The molecule has 6 rings (SSSR count). The molecule has 13 heteroatoms. The maximum atomic E-state index is 13.8. The van der Waals surface area contributed by atoms with Crippen LogP contribution in [0, 0.1) is 38.2 Å². The number of aromatic amines is 1. The number of nitrogens with zero attached hydrogens (tertiary/aromatic N) is 3. The maximum Gasteiger partial charge on any atom is 0.331 e. The molecule has 2 heterocycles. The molecule has 308 valence electrons. The van der Waals surface area contributed by atoms with E-state index in [1.165, 1.54) is 31.4 Å². The monoisotopic (exact) mass is 809 g/mol. The highest BCUT2D eigenvalue weighted by Gasteiger charge is 2.36. The fraction of sp³-hybridized carbons (Fsp3) is 0.444. The Morgan fingerprint density at radius 2 is 1.67 bits per heavy atom. The topological polar surface area (TPSA) is 152 Å². The lowest BCUT2D eigenvalue weighted by molar-refractivity contribution is -0.0249. The number of phenols is 2. The molecule has 1 aliphatic carbocycles. The number of benzene rings is 3. The number of fused-ring (bicyclic) bond motifs is 1. The zero-order valence-corrected chi connectivity index (χ0v) is 35.1. The van der Waals surface area contributed by atoms with Crippen molar-refractivity contribution in [3.63, 3.8) is 0 Å². The molecular weight excluding hydrogens is 755 g/mol. The van der Waals surface area contributed by atoms with Crippen LogP contribution < -0.4 is 13.6 Å². The molecule has 4 N–H and O–H groups in total. The van der Waals surface area contributed by atoms with Crippen LogP contribution in [0.4, 0.5) is 11.4 Å². The van der Waals surface area contributed by atoms with Crippen molar-refractivity contribution in [2.75, 3.05) is 11.3 Å². The molecular formula is C45H55N5O7S. The molecule has 0 saturated heterocycles. The summed E-state index contributed by atoms with van der Waals surface area (Å²) < 4.78 is 36.2. The van der Waals surface area contributed by atoms with E-state index in [1.807, 2.05) is 26.0 Å². The van der Waals surface area contributed by atoms with Crippen molar-refractivity contribution in [1.82, 2.24) is 14.6 Å². The number of esters is 1. The van der Waals surface area contributed by atoms with Gasteiger partial charge in [0, 0.05) is 17.8 Å². The van der Waals surface area contributed by atoms with Gasteiger partial charge in [0.05, 0.1) is 18.9 Å². The molecule has 1 fully saturated rings. The average Bonchev–Trinajstić information content (AvgIpc) is 3.74. The van der Waals surface area contributed by atoms with Gasteiger partial charge in [-0.25, -0.2) is 14.6 Å². The fourth-order valence-corrected chi connectivity index (χ4v) is 8.86. The molecule has 0 radical (unpaired) electrons. The Labute approximate surface area is 343 Å². The van der Waals surface area contributed by atoms with Crippen LogP contribution in [0.15, 0.2) is 54.7 Å². The van der Waals surface area contributed by atoms with Crippen molar-refractivity contribution in [2.45, 2.75) is 105 Å². The van der Waals surface area contributed by atoms with E-state index in [1.54, 1.807) is 35.0 Å². The lowest BCUT2D eigenvalue weighted by Crippen LogP contribution is -2.37. The van der Waals surface area contributed by atoms with Crippen molar-refractivity contribution in [3.8, 4) is 34.4 Å². The van der Waals surface area contributed by atoms with Crippen molar-refractivity contribution in [3.05, 3.63) is 94.0 Å². The van der Waals surface area contributed by atoms with Crippen LogP contribution in [-0.2, 0) is 22.4 Å². The number of ether oxygens (including phenoxy) is 2. The summed E-state index contributed by atoms with van der Waals surface area (Å²) in [5.74, 6) is 1.32. The van der Waals surface area contributed by atoms with Crippen LogP contribution in [0.25, 0.3) is 21.9 Å². The Morgan fingerprint density at radius 3 is 2.41 bits per heavy atom. The third-order valence-electron chi connectivity index (χ3n) is 11.2. The highest BCUT2D eigenvalue weighted by molar-refractivity contribution is 7.82. The Balaban J connectivity index is 1.30. The minimum Gasteiger partial charge on any atom is -0.508 e. The van der Waals surface area contributed by atoms with E-state index in [2.05, 4.69) is 42.4 Å². The Morgan fingerprint density at radius 1 is 0.966 bits per heavy atom. The third kappa shape index (κ3) is 9.96. The van der Waals surface area contributed by atoms with Crippen LogP contribution in [0.3, 0.4) is 0 Å². The molecule has 3 unspecified atom stereocenters. The fourth-order valence-electron chi connectivity index (χ4n) is 8.13. The van der Waals surface area contributed by atoms with Crippen LogP contribution in [-0.4, -0.2) is 47.7 Å². The number of H-pyrrole nitrogens is 1. The summed E-state index contributed by atoms with van der Waals surface area (Å²) in [5, 5.41) is 23.8. The predicted molar refractivity (Wildman–Crippen MR) is 227 cm³/mol. The molecule has 0 amide bonds. The highest BCUT2D eigenvalue weighted by Crippen LogP contribution is 2.38. The normalized spacial score (nSPS) is 18.4. The quantitative estimate of drug-likeness (QED) is 0.0412. The minimum absolute atomic E-state index is 0.0583. The van der Waals surface area contributed by atoms with Crippen molar-refractivity contribution < 1.29 is 32.9 Å². The van der Waals surface area contributed by atoms with E-state index in [-0.39, 0.29) is 52.1 Å². The van der Waals surface area contributed by atoms with Crippen LogP contribution in [0.1, 0.15) is 112 Å². The summed E-state index contributed by atoms with van der Waals surface area (Å²) in [6.45, 7) is 20.8. The Hall–Kier alpha value is -5.48. The first-order chi connectivity index (χ1) is 27.8. The SMILES string of the molecule is [C-]#[N+]c1cn2[nH]c(-c3cc(Cc4cc(O)ccc4C)c(C)c(NS(=O)Oc4cc(O)ccc4OCCCCCCCC)c3)nc2c1C(=O)OC1C(C)CC(C)CC1C. The van der Waals surface area contributed by atoms with Crippen LogP contribution in [0.2, 0.25) is 0 Å². The van der Waals surface area contributed by atoms with Gasteiger partial charge >= 0.3 is 17.2 Å². The Kier molecular flexibility index (Phi) is 13.7. The number of rotatable bonds is 17. The molecule has 1 aliphatic rings. The predicted octanol–water partition coefficient (Wildman–Crippen LogP) is 10.5. The lowest BCUT2D eigenvalue weighted by atomic mass is 9.75. The molecule has 3 aromatic carbocycles. The second kappa shape index (κ2) is 18.9. The maximum absolute atomic E-state index is 13.8. The van der Waals surface area contributed by atoms with E-state index in [9.17, 15) is 19.2 Å². The highest BCUT2D eigenvalue weighted by atomic mass is 32.2. The first-order valence-electron chi connectivity index (χ1n) is 20.3. The summed E-state index contributed by atoms with van der Waals surface area (Å²) >= 11 is -2.14. The number of nitrogens with one attached hydrogen (secondary N) is 2. The van der Waals surface area contributed by atoms with Crippen molar-refractivity contribution in [2.24, 2.45) is 17.8 Å². The third-order valence-corrected chi connectivity index (χ3v) is 11.9. The zero-order valence-electron chi connectivity index (χ0n) is 34.3. The number of unbranched alkanes of at least 4 members (excludes halogenated alkanes) is 5. The number of carbonyl (C=O) groups excluding carboxylic acids is 1. The number of aromatic nitrogens is 3. The Bertz CT molecular complexity index is 2300. The van der Waals surface area contributed by atoms with Gasteiger partial charge in [0.25, 0.3) is 0 Å². The molecule has 58 heavy (non-hydrogen) atoms. The van der Waals surface area contributed by atoms with E-state index in [0.29, 0.717) is 41.8 Å². The second-order valence-electron chi connectivity index (χ2n) is 15.9. The first kappa shape index (κ1) is 42.1. The molecule has 3 atom stereocenters. The zero-order chi connectivity index (χ0) is 41.5. The molecule has 0 spiro atoms. The number of phenolic OH excluding ortho intramolecular Hbond substituents is 2. The number of carbonyl (C=O) groups is 1. The number of aromatic hydroxyl groups is 2. The largest absolute Gasteiger partial charge is 0.508 e. The number of hydrogen-bond donors (Lipinski definition) is 4. The number of hydrogen-bond acceptors (Lipinski definition) is 8. The van der Waals surface area contributed by atoms with Gasteiger partial charge in [-0.05, 0) is 116 Å². The summed E-state index contributed by atoms with van der Waals surface area (Å²) in [6, 6.07) is 13.4. The molecule has 5 aromatic rings. The second-order valence-corrected chi connectivity index (χ2v) is 16.8. The summed E-state index contributed by atoms with van der Waals surface area (Å²) in [6.07, 6.45) is 10.3. The molecule has 12 nitrogen and oxygen atoms in total. The first-order valence-corrected chi connectivity index (χ1v) is 21.4. The molecule has 2 aromatic heterocycles. The van der Waals surface area contributed by atoms with Crippen molar-refractivity contribution in [1.29, 1.82) is 0 Å². The van der Waals surface area contributed by atoms with E-state index in [0.717, 1.165) is 54.4 Å². The average molecular weight is 810 g/mol. The summed E-state index contributed by atoms with van der Waals surface area (Å²) in [7, 11) is 0. The van der Waals surface area contributed by atoms with E-state index in [4.69, 9.17) is 25.2 Å². The number of anilines is 1. The van der Waals surface area contributed by atoms with Gasteiger partial charge in [-0.15, -0.1) is 0 Å². The molecule has 1 saturated carbocycles. The smallest absolute Gasteiger partial charge is 0.331 e. The van der Waals surface area contributed by atoms with E-state index < -0.39 is 17.2 Å². The van der Waals surface area contributed by atoms with Gasteiger partial charge in [0.15, 0.2) is 23.0 Å². The summed E-state index contributed by atoms with van der Waals surface area (Å²) in [4.78, 5) is 22.3. The van der Waals surface area contributed by atoms with Gasteiger partial charge < -0.3 is 23.9 Å². The van der Waals surface area contributed by atoms with Gasteiger partial charge in [0.2, 0.25) is 5.69 Å². The molecule has 0 bridgehead atoms. The van der Waals surface area contributed by atoms with Gasteiger partial charge in [-0.1, -0.05) is 65.9 Å². The van der Waals surface area contributed by atoms with Crippen LogP contribution in [0.5, 0.6) is 23.0 Å². The number of aryl methyl sites for hydroxylation is 1. The van der Waals surface area contributed by atoms with E-state index >= 15 is 0 Å². The van der Waals surface area contributed by atoms with Gasteiger partial charge in [0.1, 0.15) is 23.2 Å². The summed E-state index contributed by atoms with van der Waals surface area (Å²) in [5.41, 5.74) is 5.11. The lowest BCUT2D eigenvalue weighted by Gasteiger charge is -2.37. The minimum atomic E-state index is -2.14. The standard InChI is InChI=1S/C45H55N5O7S/c1-8-9-10-11-12-13-18-55-39-17-16-36(52)25-40(39)57-58(54)49-37-24-34(22-33(31(37)6)21-32-23-35(51)15-14-28(32)3)43-47-44-41(38(46-7)26-50(44)48-43)45(53)56-42-29(4)19-27(2)20-30(42)5/h14-17,22-27,29-30,42,49,51-52H,8-13,18-21H2,1-6H3,(H,47,48).